The van der Waals surface area contributed by atoms with E-state index in [0.717, 1.165) is 9.13 Å². The van der Waals surface area contributed by atoms with Crippen LogP contribution < -0.4 is 22.5 Å². The summed E-state index contributed by atoms with van der Waals surface area (Å²) in [5.74, 6) is 0. The highest BCUT2D eigenvalue weighted by molar-refractivity contribution is 7.48. The van der Waals surface area contributed by atoms with Crippen molar-refractivity contribution >= 4 is 7.82 Å². The molecule has 0 radical (unpaired) electrons. The van der Waals surface area contributed by atoms with E-state index in [1.54, 1.807) is 0 Å². The van der Waals surface area contributed by atoms with Crippen LogP contribution in [0.15, 0.2) is 31.6 Å². The number of aromatic amines is 2. The first-order chi connectivity index (χ1) is 18.5. The molecule has 2 aromatic heterocycles. The monoisotopic (exact) mass is 572 g/mol. The van der Waals surface area contributed by atoms with Crippen LogP contribution in [0.25, 0.3) is 0 Å². The van der Waals surface area contributed by atoms with Gasteiger partial charge in [0.05, 0.1) is 19.3 Å². The topological polar surface area (TPSA) is 213 Å². The number of ether oxygens (including phenoxy) is 2. The summed E-state index contributed by atoms with van der Waals surface area (Å²) in [6, 6.07) is 0. The fourth-order valence-electron chi connectivity index (χ4n) is 4.90. The predicted octanol–water partition coefficient (Wildman–Crippen LogP) is -1.07. The molecule has 3 aliphatic rings. The van der Waals surface area contributed by atoms with Crippen molar-refractivity contribution in [3.8, 4) is 0 Å². The zero-order chi connectivity index (χ0) is 28.1. The minimum atomic E-state index is -4.25. The maximum absolute atomic E-state index is 13.5. The van der Waals surface area contributed by atoms with Crippen molar-refractivity contribution in [2.75, 3.05) is 13.2 Å². The number of nitrogens with one attached hydrogen (secondary N) is 2. The van der Waals surface area contributed by atoms with Crippen molar-refractivity contribution in [1.29, 1.82) is 0 Å². The molecule has 3 aliphatic heterocycles. The lowest BCUT2D eigenvalue weighted by molar-refractivity contribution is -0.107. The van der Waals surface area contributed by atoms with Crippen LogP contribution in [0.3, 0.4) is 0 Å². The van der Waals surface area contributed by atoms with E-state index >= 15 is 0 Å². The average Bonchev–Trinajstić information content (AvgIpc) is 3.46. The second-order valence-corrected chi connectivity index (χ2v) is 11.3. The number of aromatic nitrogens is 4. The Kier molecular flexibility index (Phi) is 7.65. The molecule has 4 N–H and O–H groups in total. The molecule has 0 spiro atoms. The van der Waals surface area contributed by atoms with Gasteiger partial charge >= 0.3 is 19.2 Å². The van der Waals surface area contributed by atoms with Gasteiger partial charge in [0.1, 0.15) is 36.9 Å². The normalized spacial score (nSPS) is 34.9. The fraction of sp³-hybridized carbons (Fsp3) is 0.636. The van der Waals surface area contributed by atoms with Gasteiger partial charge in [-0.25, -0.2) is 14.2 Å². The first kappa shape index (κ1) is 27.9. The van der Waals surface area contributed by atoms with Gasteiger partial charge in [-0.2, -0.15) is 0 Å². The lowest BCUT2D eigenvalue weighted by Gasteiger charge is -2.34. The van der Waals surface area contributed by atoms with Gasteiger partial charge in [0.25, 0.3) is 11.1 Å². The average molecular weight is 572 g/mol. The molecule has 2 aromatic rings. The van der Waals surface area contributed by atoms with Crippen molar-refractivity contribution < 1.29 is 37.8 Å². The van der Waals surface area contributed by atoms with Crippen LogP contribution in [0.4, 0.5) is 0 Å². The quantitative estimate of drug-likeness (QED) is 0.305. The molecule has 0 bridgehead atoms. The highest BCUT2D eigenvalue weighted by Crippen LogP contribution is 2.57. The maximum atomic E-state index is 13.5. The van der Waals surface area contributed by atoms with E-state index in [1.165, 1.54) is 26.2 Å². The summed E-state index contributed by atoms with van der Waals surface area (Å²) >= 11 is 0. The van der Waals surface area contributed by atoms with Gasteiger partial charge in [0.15, 0.2) is 0 Å². The molecule has 0 saturated carbocycles. The summed E-state index contributed by atoms with van der Waals surface area (Å²) in [4.78, 5) is 52.3. The molecule has 214 valence electrons. The van der Waals surface area contributed by atoms with Crippen LogP contribution in [0.5, 0.6) is 0 Å². The molecular formula is C22H29N4O12P. The van der Waals surface area contributed by atoms with Crippen molar-refractivity contribution in [2.24, 2.45) is 0 Å². The Balaban J connectivity index is 1.29. The molecular weight excluding hydrogens is 543 g/mol. The number of hydrogen-bond donors (Lipinski definition) is 4. The Morgan fingerprint density at radius 1 is 1.00 bits per heavy atom. The standard InChI is InChI=1S/C22H29N4O12P/c1-10-7-25(21(31)23-19(10)29)16-5-12(28)18(36-16)13-3-4-34-39(33,37-13)38-14-6-17(35-15(14)9-27)26-8-11(2)20(30)24-22(26)32/h7-8,12-18,27-28H,3-6,9H2,1-2H3,(H,23,29,31)(H,24,30,32)/t12-,13+,14-,15+,16+,17+,18-,39-/m0/s1. The third-order valence-electron chi connectivity index (χ3n) is 6.96. The van der Waals surface area contributed by atoms with Gasteiger partial charge in [-0.1, -0.05) is 0 Å². The summed E-state index contributed by atoms with van der Waals surface area (Å²) in [5, 5.41) is 20.5. The highest BCUT2D eigenvalue weighted by Gasteiger charge is 2.49. The number of aliphatic hydroxyl groups excluding tert-OH is 2. The number of rotatable bonds is 6. The van der Waals surface area contributed by atoms with Crippen molar-refractivity contribution in [2.45, 2.75) is 76.1 Å². The summed E-state index contributed by atoms with van der Waals surface area (Å²) in [6.07, 6.45) is -3.99. The molecule has 0 aliphatic carbocycles. The van der Waals surface area contributed by atoms with E-state index in [4.69, 9.17) is 23.0 Å². The van der Waals surface area contributed by atoms with E-state index in [1.807, 2.05) is 0 Å². The molecule has 0 unspecified atom stereocenters. The smallest absolute Gasteiger partial charge is 0.394 e. The van der Waals surface area contributed by atoms with E-state index in [0.29, 0.717) is 0 Å². The number of aryl methyl sites for hydroxylation is 2. The number of phosphoric ester groups is 1. The molecule has 8 atom stereocenters. The molecule has 0 aromatic carbocycles. The number of phosphoric acid groups is 1. The molecule has 16 nitrogen and oxygen atoms in total. The molecule has 39 heavy (non-hydrogen) atoms. The van der Waals surface area contributed by atoms with E-state index in [2.05, 4.69) is 9.97 Å². The van der Waals surface area contributed by atoms with Crippen LogP contribution in [-0.2, 0) is 27.6 Å². The minimum Gasteiger partial charge on any atom is -0.394 e. The van der Waals surface area contributed by atoms with Crippen LogP contribution in [0.1, 0.15) is 42.8 Å². The fourth-order valence-corrected chi connectivity index (χ4v) is 6.51. The summed E-state index contributed by atoms with van der Waals surface area (Å²) in [6.45, 7) is 2.46. The second kappa shape index (κ2) is 10.7. The second-order valence-electron chi connectivity index (χ2n) is 9.72. The maximum Gasteiger partial charge on any atom is 0.475 e. The lowest BCUT2D eigenvalue weighted by Crippen LogP contribution is -2.40. The van der Waals surface area contributed by atoms with Gasteiger partial charge in [0.2, 0.25) is 0 Å². The third kappa shape index (κ3) is 5.51. The van der Waals surface area contributed by atoms with Gasteiger partial charge < -0.3 is 19.7 Å². The Morgan fingerprint density at radius 2 is 1.59 bits per heavy atom. The van der Waals surface area contributed by atoms with Crippen LogP contribution >= 0.6 is 7.82 Å². The largest absolute Gasteiger partial charge is 0.475 e. The number of H-pyrrole nitrogens is 2. The summed E-state index contributed by atoms with van der Waals surface area (Å²) in [5.41, 5.74) is -1.94. The van der Waals surface area contributed by atoms with Crippen LogP contribution in [-0.4, -0.2) is 73.0 Å². The Labute approximate surface area is 219 Å². The summed E-state index contributed by atoms with van der Waals surface area (Å²) < 4.78 is 44.1. The summed E-state index contributed by atoms with van der Waals surface area (Å²) in [7, 11) is -4.25. The Bertz CT molecular complexity index is 1510. The van der Waals surface area contributed by atoms with Crippen molar-refractivity contribution in [3.63, 3.8) is 0 Å². The van der Waals surface area contributed by atoms with Gasteiger partial charge in [-0.15, -0.1) is 0 Å². The molecule has 5 rings (SSSR count). The number of hydrogen-bond acceptors (Lipinski definition) is 12. The SMILES string of the molecule is Cc1cn([C@H]2C[C@H](O)[C@@H]([C@H]3CCO[P@](=O)(O[C@H]4C[C@H](n5cc(C)c(=O)[nH]c5=O)O[C@@H]4CO)O3)O2)c(=O)[nH]c1=O. The Morgan fingerprint density at radius 3 is 2.18 bits per heavy atom. The van der Waals surface area contributed by atoms with Gasteiger partial charge in [-0.05, 0) is 13.8 Å². The molecule has 17 heteroatoms. The molecule has 0 amide bonds. The first-order valence-electron chi connectivity index (χ1n) is 12.3. The van der Waals surface area contributed by atoms with Crippen molar-refractivity contribution in [1.82, 2.24) is 19.1 Å². The number of nitrogens with zero attached hydrogens (tertiary/aromatic N) is 2. The number of aliphatic hydroxyl groups is 2. The van der Waals surface area contributed by atoms with Crippen molar-refractivity contribution in [3.05, 3.63) is 65.2 Å². The molecule has 5 heterocycles. The third-order valence-corrected chi connectivity index (χ3v) is 8.51. The van der Waals surface area contributed by atoms with Crippen LogP contribution in [0, 0.1) is 13.8 Å². The lowest BCUT2D eigenvalue weighted by atomic mass is 10.1. The molecule has 3 fully saturated rings. The van der Waals surface area contributed by atoms with Gasteiger partial charge in [0, 0.05) is 42.8 Å². The van der Waals surface area contributed by atoms with E-state index < -0.39 is 79.9 Å². The first-order valence-corrected chi connectivity index (χ1v) is 13.8. The zero-order valence-electron chi connectivity index (χ0n) is 21.1. The Hall–Kier alpha value is -2.69. The van der Waals surface area contributed by atoms with Gasteiger partial charge in [-0.3, -0.25) is 42.3 Å². The highest BCUT2D eigenvalue weighted by atomic mass is 31.2. The van der Waals surface area contributed by atoms with E-state index in [9.17, 15) is 34.0 Å². The zero-order valence-corrected chi connectivity index (χ0v) is 21.9. The predicted molar refractivity (Wildman–Crippen MR) is 130 cm³/mol. The van der Waals surface area contributed by atoms with E-state index in [-0.39, 0.29) is 37.0 Å². The van der Waals surface area contributed by atoms with Crippen LogP contribution in [0.2, 0.25) is 0 Å². The molecule has 3 saturated heterocycles. The minimum absolute atomic E-state index is 0.0139.